The Labute approximate surface area is 184 Å². The van der Waals surface area contributed by atoms with Crippen molar-refractivity contribution in [3.63, 3.8) is 0 Å². The van der Waals surface area contributed by atoms with E-state index < -0.39 is 39.9 Å². The highest BCUT2D eigenvalue weighted by atomic mass is 16.6. The number of phenols is 1. The van der Waals surface area contributed by atoms with Crippen molar-refractivity contribution in [3.8, 4) is 11.5 Å². The molecule has 1 heterocycles. The number of benzene rings is 2. The van der Waals surface area contributed by atoms with Gasteiger partial charge in [0.15, 0.2) is 5.75 Å². The molecular formula is C23H24N2O7. The van der Waals surface area contributed by atoms with E-state index in [1.807, 2.05) is 13.8 Å². The molecule has 1 unspecified atom stereocenters. The predicted molar refractivity (Wildman–Crippen MR) is 116 cm³/mol. The molecule has 9 heteroatoms. The van der Waals surface area contributed by atoms with Crippen molar-refractivity contribution in [1.29, 1.82) is 0 Å². The van der Waals surface area contributed by atoms with Crippen LogP contribution in [0.1, 0.15) is 43.9 Å². The molecule has 0 bridgehead atoms. The summed E-state index contributed by atoms with van der Waals surface area (Å²) in [6, 6.07) is 9.13. The number of hydrogen-bond acceptors (Lipinski definition) is 7. The molecule has 32 heavy (non-hydrogen) atoms. The fourth-order valence-corrected chi connectivity index (χ4v) is 3.66. The van der Waals surface area contributed by atoms with E-state index in [-0.39, 0.29) is 23.2 Å². The monoisotopic (exact) mass is 440 g/mol. The van der Waals surface area contributed by atoms with Gasteiger partial charge in [0.05, 0.1) is 23.1 Å². The van der Waals surface area contributed by atoms with Crippen LogP contribution in [0.3, 0.4) is 0 Å². The van der Waals surface area contributed by atoms with E-state index >= 15 is 0 Å². The average Bonchev–Trinajstić information content (AvgIpc) is 3.03. The van der Waals surface area contributed by atoms with Crippen LogP contribution in [-0.4, -0.2) is 44.9 Å². The topological polar surface area (TPSA) is 130 Å². The highest BCUT2D eigenvalue weighted by Crippen LogP contribution is 2.41. The average molecular weight is 440 g/mol. The zero-order valence-corrected chi connectivity index (χ0v) is 17.8. The van der Waals surface area contributed by atoms with Gasteiger partial charge in [-0.25, -0.2) is 0 Å². The van der Waals surface area contributed by atoms with Gasteiger partial charge in [0.2, 0.25) is 0 Å². The first-order chi connectivity index (χ1) is 15.3. The maximum Gasteiger partial charge on any atom is 0.311 e. The highest BCUT2D eigenvalue weighted by Gasteiger charge is 2.46. The number of carbonyl (C=O) groups is 2. The molecule has 1 aliphatic rings. The second kappa shape index (κ2) is 9.51. The quantitative estimate of drug-likeness (QED) is 0.209. The number of hydrogen-bond donors (Lipinski definition) is 2. The lowest BCUT2D eigenvalue weighted by Crippen LogP contribution is -2.30. The number of aromatic hydroxyl groups is 1. The number of nitro benzene ring substituents is 1. The molecule has 0 spiro atoms. The van der Waals surface area contributed by atoms with Gasteiger partial charge in [0, 0.05) is 18.2 Å². The summed E-state index contributed by atoms with van der Waals surface area (Å²) in [5.41, 5.74) is -0.205. The Morgan fingerprint density at radius 3 is 2.56 bits per heavy atom. The minimum atomic E-state index is -1.03. The number of ether oxygens (including phenoxy) is 1. The molecule has 1 amide bonds. The molecule has 3 rings (SSSR count). The number of nitrogens with zero attached hydrogens (tertiary/aromatic N) is 2. The largest absolute Gasteiger partial charge is 0.507 e. The second-order valence-corrected chi connectivity index (χ2v) is 7.37. The first-order valence-corrected chi connectivity index (χ1v) is 10.3. The lowest BCUT2D eigenvalue weighted by Gasteiger charge is -2.24. The number of aliphatic hydroxyl groups excluding tert-OH is 1. The van der Waals surface area contributed by atoms with E-state index in [4.69, 9.17) is 4.74 Å². The molecule has 1 fully saturated rings. The van der Waals surface area contributed by atoms with Crippen molar-refractivity contribution in [2.24, 2.45) is 0 Å². The third kappa shape index (κ3) is 4.27. The van der Waals surface area contributed by atoms with Gasteiger partial charge in [-0.2, -0.15) is 0 Å². The summed E-state index contributed by atoms with van der Waals surface area (Å²) in [6.45, 7) is 4.46. The number of aliphatic hydroxyl groups is 1. The first kappa shape index (κ1) is 22.8. The van der Waals surface area contributed by atoms with Gasteiger partial charge in [0.25, 0.3) is 11.7 Å². The maximum atomic E-state index is 12.9. The molecule has 0 radical (unpaired) electrons. The number of nitro groups is 1. The molecule has 2 aromatic rings. The Hall–Kier alpha value is -3.88. The normalized spacial score (nSPS) is 17.6. The summed E-state index contributed by atoms with van der Waals surface area (Å²) in [6.07, 6.45) is 1.32. The molecule has 2 N–H and O–H groups in total. The first-order valence-electron chi connectivity index (χ1n) is 10.3. The molecular weight excluding hydrogens is 416 g/mol. The molecule has 0 aromatic heterocycles. The zero-order chi connectivity index (χ0) is 23.4. The van der Waals surface area contributed by atoms with Crippen LogP contribution in [-0.2, 0) is 9.59 Å². The number of amides is 1. The Bertz CT molecular complexity index is 1090. The van der Waals surface area contributed by atoms with Crippen LogP contribution in [0.4, 0.5) is 5.69 Å². The molecule has 1 saturated heterocycles. The van der Waals surface area contributed by atoms with Gasteiger partial charge in [-0.3, -0.25) is 19.7 Å². The van der Waals surface area contributed by atoms with E-state index in [0.717, 1.165) is 18.6 Å². The van der Waals surface area contributed by atoms with Gasteiger partial charge in [0.1, 0.15) is 11.5 Å². The minimum Gasteiger partial charge on any atom is -0.507 e. The Morgan fingerprint density at radius 2 is 1.91 bits per heavy atom. The van der Waals surface area contributed by atoms with Crippen molar-refractivity contribution in [2.75, 3.05) is 13.2 Å². The Balaban J connectivity index is 2.18. The fraction of sp³-hybridized carbons (Fsp3) is 0.304. The van der Waals surface area contributed by atoms with Crippen LogP contribution in [0.15, 0.2) is 48.0 Å². The lowest BCUT2D eigenvalue weighted by atomic mass is 9.94. The van der Waals surface area contributed by atoms with Gasteiger partial charge in [-0.15, -0.1) is 0 Å². The number of rotatable bonds is 8. The summed E-state index contributed by atoms with van der Waals surface area (Å²) >= 11 is 0. The number of carbonyl (C=O) groups excluding carboxylic acids is 2. The molecule has 9 nitrogen and oxygen atoms in total. The van der Waals surface area contributed by atoms with Crippen LogP contribution in [0.25, 0.3) is 5.76 Å². The highest BCUT2D eigenvalue weighted by molar-refractivity contribution is 6.46. The van der Waals surface area contributed by atoms with E-state index in [1.54, 1.807) is 24.3 Å². The summed E-state index contributed by atoms with van der Waals surface area (Å²) in [4.78, 5) is 37.5. The van der Waals surface area contributed by atoms with Crippen LogP contribution in [0.5, 0.6) is 11.5 Å². The molecule has 2 aromatic carbocycles. The smallest absolute Gasteiger partial charge is 0.311 e. The third-order valence-electron chi connectivity index (χ3n) is 5.10. The van der Waals surface area contributed by atoms with E-state index in [0.29, 0.717) is 18.8 Å². The van der Waals surface area contributed by atoms with Crippen molar-refractivity contribution in [1.82, 2.24) is 4.90 Å². The van der Waals surface area contributed by atoms with Gasteiger partial charge >= 0.3 is 5.69 Å². The SMILES string of the molecule is CCCOc1cccc(/C(O)=C2/C(=O)C(=O)N(CCC)C2c2ccc(O)c([N+](=O)[O-])c2)c1. The van der Waals surface area contributed by atoms with E-state index in [1.165, 1.54) is 11.0 Å². The summed E-state index contributed by atoms with van der Waals surface area (Å²) in [5, 5.41) is 32.2. The summed E-state index contributed by atoms with van der Waals surface area (Å²) in [5.74, 6) is -2.11. The zero-order valence-electron chi connectivity index (χ0n) is 17.8. The van der Waals surface area contributed by atoms with E-state index in [9.17, 15) is 29.9 Å². The molecule has 0 saturated carbocycles. The van der Waals surface area contributed by atoms with Crippen LogP contribution >= 0.6 is 0 Å². The second-order valence-electron chi connectivity index (χ2n) is 7.37. The van der Waals surface area contributed by atoms with Crippen molar-refractivity contribution >= 4 is 23.1 Å². The standard InChI is InChI=1S/C23H24N2O7/c1-3-10-24-20(14-8-9-18(26)17(13-14)25(30)31)19(22(28)23(24)29)21(27)15-6-5-7-16(12-15)32-11-4-2/h5-9,12-13,20,26-27H,3-4,10-11H2,1-2H3/b21-19-. The van der Waals surface area contributed by atoms with Crippen molar-refractivity contribution in [3.05, 3.63) is 69.3 Å². The number of likely N-dealkylation sites (tertiary alicyclic amines) is 1. The Morgan fingerprint density at radius 1 is 1.16 bits per heavy atom. The van der Waals surface area contributed by atoms with Crippen molar-refractivity contribution < 1.29 is 29.5 Å². The number of Topliss-reactive ketones (excluding diaryl/α,β-unsaturated/α-hetero) is 1. The number of phenolic OH excluding ortho intramolecular Hbond substituents is 1. The summed E-state index contributed by atoms with van der Waals surface area (Å²) < 4.78 is 5.58. The molecule has 168 valence electrons. The molecule has 0 aliphatic carbocycles. The van der Waals surface area contributed by atoms with Crippen LogP contribution < -0.4 is 4.74 Å². The molecule has 1 aliphatic heterocycles. The fourth-order valence-electron chi connectivity index (χ4n) is 3.66. The number of ketones is 1. The van der Waals surface area contributed by atoms with E-state index in [2.05, 4.69) is 0 Å². The van der Waals surface area contributed by atoms with Gasteiger partial charge in [-0.05, 0) is 36.6 Å². The van der Waals surface area contributed by atoms with Crippen molar-refractivity contribution in [2.45, 2.75) is 32.7 Å². The summed E-state index contributed by atoms with van der Waals surface area (Å²) in [7, 11) is 0. The predicted octanol–water partition coefficient (Wildman–Crippen LogP) is 3.92. The third-order valence-corrected chi connectivity index (χ3v) is 5.10. The Kier molecular flexibility index (Phi) is 6.77. The van der Waals surface area contributed by atoms with Crippen LogP contribution in [0, 0.1) is 10.1 Å². The minimum absolute atomic E-state index is 0.170. The van der Waals surface area contributed by atoms with Gasteiger partial charge in [-0.1, -0.05) is 32.0 Å². The van der Waals surface area contributed by atoms with Gasteiger partial charge < -0.3 is 19.8 Å². The molecule has 1 atom stereocenters. The maximum absolute atomic E-state index is 12.9. The lowest BCUT2D eigenvalue weighted by molar-refractivity contribution is -0.385. The van der Waals surface area contributed by atoms with Crippen LogP contribution in [0.2, 0.25) is 0 Å².